The second kappa shape index (κ2) is 6.33. The molecule has 1 aliphatic carbocycles. The van der Waals surface area contributed by atoms with Crippen molar-refractivity contribution in [2.45, 2.75) is 38.1 Å². The van der Waals surface area contributed by atoms with Crippen LogP contribution in [0.4, 0.5) is 11.5 Å². The van der Waals surface area contributed by atoms with Crippen molar-refractivity contribution in [2.75, 3.05) is 23.7 Å². The SMILES string of the molecule is O=C1Cc2cc(C(=O)N3CCc4ncnc(NC5CC5)c4CC3)ccc2N1. The lowest BCUT2D eigenvalue weighted by atomic mass is 10.1. The zero-order valence-electron chi connectivity index (χ0n) is 15.0. The molecule has 1 saturated carbocycles. The van der Waals surface area contributed by atoms with Crippen LogP contribution in [-0.2, 0) is 24.1 Å². The topological polar surface area (TPSA) is 87.2 Å². The number of hydrogen-bond acceptors (Lipinski definition) is 5. The van der Waals surface area contributed by atoms with Gasteiger partial charge in [0.25, 0.3) is 5.91 Å². The second-order valence-electron chi connectivity index (χ2n) is 7.46. The van der Waals surface area contributed by atoms with Crippen LogP contribution in [0, 0.1) is 0 Å². The summed E-state index contributed by atoms with van der Waals surface area (Å²) in [6.07, 6.45) is 5.83. The fourth-order valence-electron chi connectivity index (χ4n) is 3.82. The van der Waals surface area contributed by atoms with Gasteiger partial charge in [-0.1, -0.05) is 0 Å². The first-order valence-electron chi connectivity index (χ1n) is 9.49. The van der Waals surface area contributed by atoms with Crippen molar-refractivity contribution in [2.24, 2.45) is 0 Å². The second-order valence-corrected chi connectivity index (χ2v) is 7.46. The molecule has 0 bridgehead atoms. The van der Waals surface area contributed by atoms with Gasteiger partial charge in [-0.3, -0.25) is 9.59 Å². The van der Waals surface area contributed by atoms with Crippen molar-refractivity contribution < 1.29 is 9.59 Å². The monoisotopic (exact) mass is 363 g/mol. The number of benzene rings is 1. The highest BCUT2D eigenvalue weighted by Gasteiger charge is 2.27. The van der Waals surface area contributed by atoms with E-state index < -0.39 is 0 Å². The molecule has 27 heavy (non-hydrogen) atoms. The lowest BCUT2D eigenvalue weighted by Crippen LogP contribution is -2.33. The minimum Gasteiger partial charge on any atom is -0.367 e. The number of fused-ring (bicyclic) bond motifs is 2. The van der Waals surface area contributed by atoms with Crippen LogP contribution >= 0.6 is 0 Å². The molecule has 2 N–H and O–H groups in total. The first kappa shape index (κ1) is 16.2. The molecule has 0 atom stereocenters. The van der Waals surface area contributed by atoms with E-state index in [0.29, 0.717) is 31.1 Å². The lowest BCUT2D eigenvalue weighted by molar-refractivity contribution is -0.115. The predicted octanol–water partition coefficient (Wildman–Crippen LogP) is 1.79. The molecule has 1 aromatic heterocycles. The van der Waals surface area contributed by atoms with Crippen LogP contribution in [0.2, 0.25) is 0 Å². The Balaban J connectivity index is 1.34. The molecule has 2 aromatic rings. The Hall–Kier alpha value is -2.96. The van der Waals surface area contributed by atoms with Crippen molar-refractivity contribution in [3.8, 4) is 0 Å². The van der Waals surface area contributed by atoms with E-state index in [-0.39, 0.29) is 11.8 Å². The number of amides is 2. The van der Waals surface area contributed by atoms with Gasteiger partial charge in [-0.25, -0.2) is 9.97 Å². The fraction of sp³-hybridized carbons (Fsp3) is 0.400. The van der Waals surface area contributed by atoms with Crippen LogP contribution in [0.1, 0.15) is 40.0 Å². The van der Waals surface area contributed by atoms with E-state index in [4.69, 9.17) is 0 Å². The molecular weight excluding hydrogens is 342 g/mol. The van der Waals surface area contributed by atoms with E-state index >= 15 is 0 Å². The first-order valence-corrected chi connectivity index (χ1v) is 9.49. The lowest BCUT2D eigenvalue weighted by Gasteiger charge is -2.20. The summed E-state index contributed by atoms with van der Waals surface area (Å²) in [5.41, 5.74) is 4.52. The highest BCUT2D eigenvalue weighted by atomic mass is 16.2. The van der Waals surface area contributed by atoms with Gasteiger partial charge in [0, 0.05) is 42.4 Å². The molecule has 2 amide bonds. The molecule has 3 aliphatic rings. The van der Waals surface area contributed by atoms with Crippen LogP contribution in [0.5, 0.6) is 0 Å². The summed E-state index contributed by atoms with van der Waals surface area (Å²) in [4.78, 5) is 35.3. The Bertz CT molecular complexity index is 938. The van der Waals surface area contributed by atoms with Crippen LogP contribution in [0.15, 0.2) is 24.5 Å². The highest BCUT2D eigenvalue weighted by molar-refractivity contribution is 6.01. The first-order chi connectivity index (χ1) is 13.2. The number of aromatic nitrogens is 2. The van der Waals surface area contributed by atoms with Gasteiger partial charge < -0.3 is 15.5 Å². The number of carbonyl (C=O) groups is 2. The maximum absolute atomic E-state index is 13.0. The molecule has 1 fully saturated rings. The minimum absolute atomic E-state index is 0.00890. The van der Waals surface area contributed by atoms with Crippen molar-refractivity contribution in [3.05, 3.63) is 46.9 Å². The average molecular weight is 363 g/mol. The maximum atomic E-state index is 13.0. The summed E-state index contributed by atoms with van der Waals surface area (Å²) in [7, 11) is 0. The summed E-state index contributed by atoms with van der Waals surface area (Å²) in [5.74, 6) is 0.919. The summed E-state index contributed by atoms with van der Waals surface area (Å²) in [6.45, 7) is 1.28. The van der Waals surface area contributed by atoms with Crippen molar-refractivity contribution in [1.82, 2.24) is 14.9 Å². The average Bonchev–Trinajstić information content (AvgIpc) is 3.43. The smallest absolute Gasteiger partial charge is 0.253 e. The Kier molecular flexibility index (Phi) is 3.81. The van der Waals surface area contributed by atoms with Crippen molar-refractivity contribution in [3.63, 3.8) is 0 Å². The molecule has 1 aromatic carbocycles. The molecule has 0 saturated heterocycles. The van der Waals surface area contributed by atoms with Gasteiger partial charge in [0.05, 0.1) is 12.1 Å². The largest absolute Gasteiger partial charge is 0.367 e. The van der Waals surface area contributed by atoms with Gasteiger partial charge in [0.15, 0.2) is 0 Å². The van der Waals surface area contributed by atoms with Crippen LogP contribution in [0.25, 0.3) is 0 Å². The molecule has 2 aliphatic heterocycles. The standard InChI is InChI=1S/C20H21N5O2/c26-18-10-13-9-12(1-4-16(13)24-18)20(27)25-7-5-15-17(6-8-25)21-11-22-19(15)23-14-2-3-14/h1,4,9,11,14H,2-3,5-8,10H2,(H,24,26)(H,21,22,23). The molecule has 0 radical (unpaired) electrons. The van der Waals surface area contributed by atoms with E-state index in [0.717, 1.165) is 41.2 Å². The number of anilines is 2. The summed E-state index contributed by atoms with van der Waals surface area (Å²) in [6, 6.07) is 5.99. The zero-order valence-corrected chi connectivity index (χ0v) is 15.0. The molecular formula is C20H21N5O2. The molecule has 7 heteroatoms. The van der Waals surface area contributed by atoms with E-state index in [1.54, 1.807) is 12.4 Å². The summed E-state index contributed by atoms with van der Waals surface area (Å²) < 4.78 is 0. The Morgan fingerprint density at radius 1 is 1.19 bits per heavy atom. The van der Waals surface area contributed by atoms with E-state index in [9.17, 15) is 9.59 Å². The number of rotatable bonds is 3. The van der Waals surface area contributed by atoms with Gasteiger partial charge in [-0.2, -0.15) is 0 Å². The quantitative estimate of drug-likeness (QED) is 0.868. The predicted molar refractivity (Wildman–Crippen MR) is 101 cm³/mol. The fourth-order valence-corrected chi connectivity index (χ4v) is 3.82. The summed E-state index contributed by atoms with van der Waals surface area (Å²) >= 11 is 0. The molecule has 5 rings (SSSR count). The van der Waals surface area contributed by atoms with Crippen LogP contribution in [0.3, 0.4) is 0 Å². The molecule has 0 spiro atoms. The van der Waals surface area contributed by atoms with Gasteiger partial charge in [0.1, 0.15) is 12.1 Å². The van der Waals surface area contributed by atoms with Crippen molar-refractivity contribution in [1.29, 1.82) is 0 Å². The number of nitrogens with zero attached hydrogens (tertiary/aromatic N) is 3. The maximum Gasteiger partial charge on any atom is 0.253 e. The Morgan fingerprint density at radius 3 is 2.89 bits per heavy atom. The van der Waals surface area contributed by atoms with Gasteiger partial charge in [-0.05, 0) is 43.0 Å². The van der Waals surface area contributed by atoms with Gasteiger partial charge in [-0.15, -0.1) is 0 Å². The van der Waals surface area contributed by atoms with Crippen LogP contribution < -0.4 is 10.6 Å². The number of nitrogens with one attached hydrogen (secondary N) is 2. The van der Waals surface area contributed by atoms with E-state index in [1.807, 2.05) is 17.0 Å². The molecule has 3 heterocycles. The minimum atomic E-state index is -0.0194. The van der Waals surface area contributed by atoms with Gasteiger partial charge in [0.2, 0.25) is 5.91 Å². The van der Waals surface area contributed by atoms with Crippen molar-refractivity contribution >= 4 is 23.3 Å². The molecule has 7 nitrogen and oxygen atoms in total. The molecule has 138 valence electrons. The summed E-state index contributed by atoms with van der Waals surface area (Å²) in [5, 5.41) is 6.29. The van der Waals surface area contributed by atoms with E-state index in [1.165, 1.54) is 12.8 Å². The Morgan fingerprint density at radius 2 is 2.04 bits per heavy atom. The Labute approximate surface area is 157 Å². The highest BCUT2D eigenvalue weighted by Crippen LogP contribution is 2.28. The molecule has 0 unspecified atom stereocenters. The van der Waals surface area contributed by atoms with Crippen LogP contribution in [-0.4, -0.2) is 45.8 Å². The zero-order chi connectivity index (χ0) is 18.4. The third-order valence-electron chi connectivity index (χ3n) is 5.47. The number of hydrogen-bond donors (Lipinski definition) is 2. The van der Waals surface area contributed by atoms with E-state index in [2.05, 4.69) is 20.6 Å². The number of carbonyl (C=O) groups excluding carboxylic acids is 2. The third kappa shape index (κ3) is 3.13. The van der Waals surface area contributed by atoms with Gasteiger partial charge >= 0.3 is 0 Å². The normalized spacial score (nSPS) is 18.4. The third-order valence-corrected chi connectivity index (χ3v) is 5.47.